The van der Waals surface area contributed by atoms with E-state index in [-0.39, 0.29) is 12.5 Å². The average molecular weight is 268 g/mol. The first-order valence-corrected chi connectivity index (χ1v) is 6.94. The van der Waals surface area contributed by atoms with Gasteiger partial charge in [0.05, 0.1) is 6.20 Å². The molecule has 90 valence electrons. The Balaban J connectivity index is 2.01. The highest BCUT2D eigenvalue weighted by atomic mass is 32.1. The maximum absolute atomic E-state index is 11.7. The highest BCUT2D eigenvalue weighted by molar-refractivity contribution is 7.17. The fraction of sp³-hybridized carbons (Fsp3) is 0.273. The van der Waals surface area contributed by atoms with E-state index in [4.69, 9.17) is 5.11 Å². The summed E-state index contributed by atoms with van der Waals surface area (Å²) in [6.45, 7) is 0.574. The van der Waals surface area contributed by atoms with E-state index in [1.807, 2.05) is 16.8 Å². The van der Waals surface area contributed by atoms with Crippen LogP contribution in [-0.4, -0.2) is 29.1 Å². The van der Waals surface area contributed by atoms with Crippen molar-refractivity contribution in [2.45, 2.75) is 6.42 Å². The number of carbonyl (C=O) groups is 1. The molecule has 0 aliphatic rings. The number of rotatable bonds is 5. The first kappa shape index (κ1) is 12.2. The van der Waals surface area contributed by atoms with Gasteiger partial charge in [-0.2, -0.15) is 11.3 Å². The molecule has 0 radical (unpaired) electrons. The molecule has 2 aromatic rings. The second-order valence-electron chi connectivity index (χ2n) is 3.37. The van der Waals surface area contributed by atoms with Crippen molar-refractivity contribution >= 4 is 28.6 Å². The lowest BCUT2D eigenvalue weighted by molar-refractivity contribution is 0.0955. The number of nitrogens with one attached hydrogen (secondary N) is 1. The molecule has 1 amide bonds. The fourth-order valence-electron chi connectivity index (χ4n) is 1.27. The molecule has 2 N–H and O–H groups in total. The van der Waals surface area contributed by atoms with Gasteiger partial charge in [0.1, 0.15) is 9.88 Å². The van der Waals surface area contributed by atoms with Crippen LogP contribution in [0.25, 0.3) is 10.6 Å². The van der Waals surface area contributed by atoms with Gasteiger partial charge in [-0.15, -0.1) is 11.3 Å². The van der Waals surface area contributed by atoms with Gasteiger partial charge in [-0.25, -0.2) is 4.98 Å². The van der Waals surface area contributed by atoms with Gasteiger partial charge in [-0.05, 0) is 17.9 Å². The smallest absolute Gasteiger partial charge is 0.263 e. The third kappa shape index (κ3) is 3.12. The summed E-state index contributed by atoms with van der Waals surface area (Å²) >= 11 is 2.99. The Kier molecular flexibility index (Phi) is 4.24. The third-order valence-electron chi connectivity index (χ3n) is 2.12. The van der Waals surface area contributed by atoms with Crippen LogP contribution >= 0.6 is 22.7 Å². The van der Waals surface area contributed by atoms with Crippen molar-refractivity contribution in [1.29, 1.82) is 0 Å². The summed E-state index contributed by atoms with van der Waals surface area (Å²) in [6, 6.07) is 1.98. The molecular weight excluding hydrogens is 256 g/mol. The van der Waals surface area contributed by atoms with Crippen LogP contribution in [0.5, 0.6) is 0 Å². The van der Waals surface area contributed by atoms with Crippen LogP contribution in [0, 0.1) is 0 Å². The Labute approximate surface area is 107 Å². The Hall–Kier alpha value is -1.24. The molecular formula is C11H12N2O2S2. The molecule has 0 aliphatic carbocycles. The molecule has 0 atom stereocenters. The summed E-state index contributed by atoms with van der Waals surface area (Å²) < 4.78 is 0. The second kappa shape index (κ2) is 5.90. The largest absolute Gasteiger partial charge is 0.396 e. The maximum atomic E-state index is 11.7. The summed E-state index contributed by atoms with van der Waals surface area (Å²) in [5.41, 5.74) is 1.05. The molecule has 0 bridgehead atoms. The van der Waals surface area contributed by atoms with Gasteiger partial charge in [-0.1, -0.05) is 0 Å². The van der Waals surface area contributed by atoms with Crippen LogP contribution in [0.2, 0.25) is 0 Å². The molecule has 0 aliphatic heterocycles. The quantitative estimate of drug-likeness (QED) is 0.815. The Bertz CT molecular complexity index is 479. The minimum absolute atomic E-state index is 0.0864. The summed E-state index contributed by atoms with van der Waals surface area (Å²) in [4.78, 5) is 16.5. The number of carbonyl (C=O) groups excluding carboxylic acids is 1. The Morgan fingerprint density at radius 1 is 1.53 bits per heavy atom. The third-order valence-corrected chi connectivity index (χ3v) is 3.85. The second-order valence-corrected chi connectivity index (χ2v) is 5.19. The van der Waals surface area contributed by atoms with Crippen LogP contribution in [-0.2, 0) is 0 Å². The van der Waals surface area contributed by atoms with Crippen LogP contribution in [0.15, 0.2) is 23.0 Å². The molecule has 0 spiro atoms. The number of hydrogen-bond donors (Lipinski definition) is 2. The van der Waals surface area contributed by atoms with Crippen molar-refractivity contribution in [3.8, 4) is 10.6 Å². The van der Waals surface area contributed by atoms with E-state index in [1.165, 1.54) is 11.3 Å². The molecule has 2 heterocycles. The topological polar surface area (TPSA) is 62.2 Å². The van der Waals surface area contributed by atoms with Crippen molar-refractivity contribution in [1.82, 2.24) is 10.3 Å². The molecule has 0 aromatic carbocycles. The average Bonchev–Trinajstić information content (AvgIpc) is 3.00. The van der Waals surface area contributed by atoms with Gasteiger partial charge in [0.15, 0.2) is 0 Å². The standard InChI is InChI=1S/C11H12N2O2S2/c14-4-1-3-12-10(15)9-6-13-11(17-9)8-2-5-16-7-8/h2,5-7,14H,1,3-4H2,(H,12,15). The van der Waals surface area contributed by atoms with E-state index in [0.717, 1.165) is 10.6 Å². The lowest BCUT2D eigenvalue weighted by atomic mass is 10.4. The first-order valence-electron chi connectivity index (χ1n) is 5.18. The fourth-order valence-corrected chi connectivity index (χ4v) is 2.81. The van der Waals surface area contributed by atoms with Gasteiger partial charge < -0.3 is 10.4 Å². The number of thiazole rings is 1. The molecule has 6 heteroatoms. The van der Waals surface area contributed by atoms with Crippen molar-refractivity contribution in [3.05, 3.63) is 27.9 Å². The van der Waals surface area contributed by atoms with Crippen molar-refractivity contribution in [2.75, 3.05) is 13.2 Å². The van der Waals surface area contributed by atoms with Crippen LogP contribution < -0.4 is 5.32 Å². The van der Waals surface area contributed by atoms with Crippen LogP contribution in [0.3, 0.4) is 0 Å². The number of amides is 1. The zero-order valence-corrected chi connectivity index (χ0v) is 10.7. The molecule has 0 saturated heterocycles. The first-order chi connectivity index (χ1) is 8.31. The van der Waals surface area contributed by atoms with Crippen LogP contribution in [0.4, 0.5) is 0 Å². The normalized spacial score (nSPS) is 10.4. The number of hydrogen-bond acceptors (Lipinski definition) is 5. The lowest BCUT2D eigenvalue weighted by Gasteiger charge is -1.99. The number of aliphatic hydroxyl groups is 1. The van der Waals surface area contributed by atoms with E-state index >= 15 is 0 Å². The monoisotopic (exact) mass is 268 g/mol. The van der Waals surface area contributed by atoms with Gasteiger partial charge in [-0.3, -0.25) is 4.79 Å². The lowest BCUT2D eigenvalue weighted by Crippen LogP contribution is -2.24. The number of nitrogens with zero attached hydrogens (tertiary/aromatic N) is 1. The Morgan fingerprint density at radius 3 is 3.12 bits per heavy atom. The molecule has 0 fully saturated rings. The molecule has 0 unspecified atom stereocenters. The number of aromatic nitrogens is 1. The zero-order chi connectivity index (χ0) is 12.1. The zero-order valence-electron chi connectivity index (χ0n) is 9.05. The SMILES string of the molecule is O=C(NCCCO)c1cnc(-c2ccsc2)s1. The van der Waals surface area contributed by atoms with Gasteiger partial charge in [0, 0.05) is 24.1 Å². The van der Waals surface area contributed by atoms with Gasteiger partial charge in [0.25, 0.3) is 5.91 Å². The van der Waals surface area contributed by atoms with Gasteiger partial charge in [0.2, 0.25) is 0 Å². The van der Waals surface area contributed by atoms with Crippen molar-refractivity contribution in [3.63, 3.8) is 0 Å². The molecule has 4 nitrogen and oxygen atoms in total. The number of thiophene rings is 1. The summed E-state index contributed by atoms with van der Waals surface area (Å²) in [5.74, 6) is -0.127. The molecule has 0 saturated carbocycles. The van der Waals surface area contributed by atoms with E-state index < -0.39 is 0 Å². The van der Waals surface area contributed by atoms with E-state index in [9.17, 15) is 4.79 Å². The highest BCUT2D eigenvalue weighted by Crippen LogP contribution is 2.26. The van der Waals surface area contributed by atoms with Crippen LogP contribution in [0.1, 0.15) is 16.1 Å². The van der Waals surface area contributed by atoms with Crippen molar-refractivity contribution in [2.24, 2.45) is 0 Å². The molecule has 17 heavy (non-hydrogen) atoms. The maximum Gasteiger partial charge on any atom is 0.263 e. The predicted molar refractivity (Wildman–Crippen MR) is 69.5 cm³/mol. The van der Waals surface area contributed by atoms with Crippen molar-refractivity contribution < 1.29 is 9.90 Å². The minimum atomic E-state index is -0.127. The van der Waals surface area contributed by atoms with E-state index in [0.29, 0.717) is 17.8 Å². The van der Waals surface area contributed by atoms with Gasteiger partial charge >= 0.3 is 0 Å². The predicted octanol–water partition coefficient (Wildman–Crippen LogP) is 1.98. The summed E-state index contributed by atoms with van der Waals surface area (Å²) in [7, 11) is 0. The highest BCUT2D eigenvalue weighted by Gasteiger charge is 2.11. The Morgan fingerprint density at radius 2 is 2.41 bits per heavy atom. The van der Waals surface area contributed by atoms with E-state index in [1.54, 1.807) is 17.5 Å². The minimum Gasteiger partial charge on any atom is -0.396 e. The summed E-state index contributed by atoms with van der Waals surface area (Å²) in [6.07, 6.45) is 2.16. The molecule has 2 aromatic heterocycles. The van der Waals surface area contributed by atoms with E-state index in [2.05, 4.69) is 10.3 Å². The number of aliphatic hydroxyl groups excluding tert-OH is 1. The summed E-state index contributed by atoms with van der Waals surface area (Å²) in [5, 5.41) is 16.2. The molecule has 2 rings (SSSR count).